The molecule has 0 spiro atoms. The predicted octanol–water partition coefficient (Wildman–Crippen LogP) is 0.875. The molecule has 0 aromatic heterocycles. The van der Waals surface area contributed by atoms with Crippen LogP contribution in [0.1, 0.15) is 39.0 Å². The van der Waals surface area contributed by atoms with Gasteiger partial charge < -0.3 is 24.6 Å². The van der Waals surface area contributed by atoms with Gasteiger partial charge in [0.1, 0.15) is 13.2 Å². The first-order valence-electron chi connectivity index (χ1n) is 13.3. The van der Waals surface area contributed by atoms with E-state index in [0.717, 1.165) is 51.9 Å². The highest BCUT2D eigenvalue weighted by molar-refractivity contribution is 5.94. The first-order valence-corrected chi connectivity index (χ1v) is 13.3. The lowest BCUT2D eigenvalue weighted by Crippen LogP contribution is -2.50. The van der Waals surface area contributed by atoms with Crippen molar-refractivity contribution < 1.29 is 19.1 Å². The van der Waals surface area contributed by atoms with Gasteiger partial charge in [-0.15, -0.1) is 0 Å². The van der Waals surface area contributed by atoms with Crippen LogP contribution < -0.4 is 10.6 Å². The van der Waals surface area contributed by atoms with Crippen molar-refractivity contribution in [3.8, 4) is 6.07 Å². The number of hydrogen-bond acceptors (Lipinski definition) is 8. The number of nitriles is 1. The van der Waals surface area contributed by atoms with Crippen LogP contribution >= 0.6 is 0 Å². The normalized spacial score (nSPS) is 22.0. The zero-order valence-electron chi connectivity index (χ0n) is 22.0. The quantitative estimate of drug-likeness (QED) is 0.269. The van der Waals surface area contributed by atoms with Crippen molar-refractivity contribution in [1.82, 2.24) is 25.3 Å². The molecular formula is C25H43N7O4. The zero-order valence-corrected chi connectivity index (χ0v) is 22.0. The van der Waals surface area contributed by atoms with Gasteiger partial charge in [-0.25, -0.2) is 4.79 Å². The van der Waals surface area contributed by atoms with Crippen molar-refractivity contribution in [2.45, 2.75) is 39.0 Å². The van der Waals surface area contributed by atoms with Crippen LogP contribution in [-0.4, -0.2) is 118 Å². The van der Waals surface area contributed by atoms with Crippen molar-refractivity contribution in [2.75, 3.05) is 85.8 Å². The average Bonchev–Trinajstić information content (AvgIpc) is 3.33. The lowest BCUT2D eigenvalue weighted by molar-refractivity contribution is -0.128. The van der Waals surface area contributed by atoms with Crippen LogP contribution in [0.4, 0.5) is 4.79 Å². The van der Waals surface area contributed by atoms with Gasteiger partial charge in [-0.3, -0.25) is 20.0 Å². The second-order valence-corrected chi connectivity index (χ2v) is 10.3. The highest BCUT2D eigenvalue weighted by Gasteiger charge is 2.40. The molecule has 36 heavy (non-hydrogen) atoms. The van der Waals surface area contributed by atoms with Crippen LogP contribution in [0.5, 0.6) is 0 Å². The van der Waals surface area contributed by atoms with Crippen LogP contribution in [0.3, 0.4) is 0 Å². The molecule has 1 unspecified atom stereocenters. The standard InChI is InChI=1S/C25H43N7O4/c1-25(6-3-4-7-25)21(22(33)27-10-8-26)5-9-28-23(32-16-18-35-19-17-32)29-24(34)36-20-15-31-13-11-30(2)12-14-31/h21H,3-7,9-20H2,1-2H3,(H,27,33)(H,28,29,34). The summed E-state index contributed by atoms with van der Waals surface area (Å²) in [5.74, 6) is 0.162. The number of rotatable bonds is 9. The molecule has 1 atom stereocenters. The predicted molar refractivity (Wildman–Crippen MR) is 136 cm³/mol. The lowest BCUT2D eigenvalue weighted by atomic mass is 9.73. The molecular weight excluding hydrogens is 462 g/mol. The third kappa shape index (κ3) is 8.61. The van der Waals surface area contributed by atoms with E-state index in [1.165, 1.54) is 0 Å². The Labute approximate surface area is 215 Å². The van der Waals surface area contributed by atoms with Crippen LogP contribution in [0.15, 0.2) is 4.99 Å². The Hall–Kier alpha value is -2.42. The fourth-order valence-electron chi connectivity index (χ4n) is 5.34. The van der Waals surface area contributed by atoms with E-state index in [2.05, 4.69) is 34.4 Å². The zero-order chi connectivity index (χ0) is 25.8. The number of carbonyl (C=O) groups excluding carboxylic acids is 2. The minimum Gasteiger partial charge on any atom is -0.448 e. The van der Waals surface area contributed by atoms with E-state index >= 15 is 0 Å². The fourth-order valence-corrected chi connectivity index (χ4v) is 5.34. The summed E-state index contributed by atoms with van der Waals surface area (Å²) in [6.45, 7) is 10.00. The first kappa shape index (κ1) is 28.2. The van der Waals surface area contributed by atoms with E-state index in [-0.39, 0.29) is 23.8 Å². The van der Waals surface area contributed by atoms with E-state index in [4.69, 9.17) is 19.7 Å². The molecule has 2 saturated heterocycles. The summed E-state index contributed by atoms with van der Waals surface area (Å²) in [6.07, 6.45) is 4.26. The molecule has 2 aliphatic heterocycles. The topological polar surface area (TPSA) is 123 Å². The summed E-state index contributed by atoms with van der Waals surface area (Å²) in [4.78, 5) is 36.8. The van der Waals surface area contributed by atoms with Crippen LogP contribution in [0.25, 0.3) is 0 Å². The molecule has 202 valence electrons. The molecule has 0 radical (unpaired) electrons. The maximum Gasteiger partial charge on any atom is 0.414 e. The third-order valence-corrected chi connectivity index (χ3v) is 7.69. The molecule has 0 aromatic rings. The number of morpholine rings is 1. The Balaban J connectivity index is 1.56. The molecule has 3 fully saturated rings. The summed E-state index contributed by atoms with van der Waals surface area (Å²) < 4.78 is 10.9. The Morgan fingerprint density at radius 1 is 1.14 bits per heavy atom. The molecule has 3 rings (SSSR count). The van der Waals surface area contributed by atoms with Gasteiger partial charge in [0.2, 0.25) is 11.9 Å². The highest BCUT2D eigenvalue weighted by atomic mass is 16.5. The summed E-state index contributed by atoms with van der Waals surface area (Å²) in [6, 6.07) is 1.99. The Kier molecular flexibility index (Phi) is 11.2. The van der Waals surface area contributed by atoms with E-state index in [9.17, 15) is 9.59 Å². The number of amides is 2. The summed E-state index contributed by atoms with van der Waals surface area (Å²) >= 11 is 0. The number of likely N-dealkylation sites (N-methyl/N-ethyl adjacent to an activating group) is 1. The molecule has 0 bridgehead atoms. The minimum absolute atomic E-state index is 0.00916. The summed E-state index contributed by atoms with van der Waals surface area (Å²) in [5, 5.41) is 14.5. The maximum atomic E-state index is 12.9. The number of piperazine rings is 1. The lowest BCUT2D eigenvalue weighted by Gasteiger charge is -2.33. The number of nitrogens with one attached hydrogen (secondary N) is 2. The van der Waals surface area contributed by atoms with Crippen LogP contribution in [-0.2, 0) is 14.3 Å². The molecule has 2 N–H and O–H groups in total. The number of alkyl carbamates (subject to hydrolysis) is 1. The van der Waals surface area contributed by atoms with Crippen molar-refractivity contribution >= 4 is 18.0 Å². The molecule has 1 saturated carbocycles. The van der Waals surface area contributed by atoms with Crippen LogP contribution in [0.2, 0.25) is 0 Å². The Morgan fingerprint density at radius 3 is 2.50 bits per heavy atom. The van der Waals surface area contributed by atoms with E-state index in [0.29, 0.717) is 58.4 Å². The SMILES string of the molecule is CN1CCN(CCOC(=O)NC(=NCCC(C(=O)NCC#N)C2(C)CCCC2)N2CCOCC2)CC1. The third-order valence-electron chi connectivity index (χ3n) is 7.69. The molecule has 1 aliphatic carbocycles. The van der Waals surface area contributed by atoms with Gasteiger partial charge in [-0.1, -0.05) is 19.8 Å². The number of carbonyl (C=O) groups is 2. The van der Waals surface area contributed by atoms with Gasteiger partial charge in [-0.05, 0) is 31.7 Å². The largest absolute Gasteiger partial charge is 0.448 e. The fraction of sp³-hybridized carbons (Fsp3) is 0.840. The maximum absolute atomic E-state index is 12.9. The molecule has 0 aromatic carbocycles. The average molecular weight is 506 g/mol. The second-order valence-electron chi connectivity index (χ2n) is 10.3. The number of hydrogen-bond donors (Lipinski definition) is 2. The number of aliphatic imine (C=N–C) groups is 1. The van der Waals surface area contributed by atoms with Gasteiger partial charge in [0.05, 0.1) is 19.3 Å². The molecule has 11 heteroatoms. The van der Waals surface area contributed by atoms with Crippen molar-refractivity contribution in [3.63, 3.8) is 0 Å². The number of nitrogens with zero attached hydrogens (tertiary/aromatic N) is 5. The first-order chi connectivity index (χ1) is 17.4. The summed E-state index contributed by atoms with van der Waals surface area (Å²) in [5.41, 5.74) is -0.0934. The van der Waals surface area contributed by atoms with Gasteiger partial charge in [0.25, 0.3) is 0 Å². The second kappa shape index (κ2) is 14.4. The molecule has 2 heterocycles. The molecule has 11 nitrogen and oxygen atoms in total. The van der Waals surface area contributed by atoms with Gasteiger partial charge in [0, 0.05) is 58.3 Å². The minimum atomic E-state index is -0.513. The molecule has 2 amide bonds. The Morgan fingerprint density at radius 2 is 1.83 bits per heavy atom. The van der Waals surface area contributed by atoms with Crippen molar-refractivity contribution in [3.05, 3.63) is 0 Å². The smallest absolute Gasteiger partial charge is 0.414 e. The van der Waals surface area contributed by atoms with Gasteiger partial charge >= 0.3 is 6.09 Å². The number of guanidine groups is 1. The van der Waals surface area contributed by atoms with Crippen molar-refractivity contribution in [2.24, 2.45) is 16.3 Å². The van der Waals surface area contributed by atoms with Gasteiger partial charge in [0.15, 0.2) is 0 Å². The van der Waals surface area contributed by atoms with E-state index in [1.54, 1.807) is 0 Å². The highest BCUT2D eigenvalue weighted by Crippen LogP contribution is 2.45. The number of ether oxygens (including phenoxy) is 2. The van der Waals surface area contributed by atoms with E-state index in [1.807, 2.05) is 11.0 Å². The van der Waals surface area contributed by atoms with Gasteiger partial charge in [-0.2, -0.15) is 5.26 Å². The van der Waals surface area contributed by atoms with E-state index < -0.39 is 6.09 Å². The summed E-state index contributed by atoms with van der Waals surface area (Å²) in [7, 11) is 2.11. The Bertz CT molecular complexity index is 780. The van der Waals surface area contributed by atoms with Crippen molar-refractivity contribution in [1.29, 1.82) is 5.26 Å². The molecule has 3 aliphatic rings. The van der Waals surface area contributed by atoms with Crippen LogP contribution in [0, 0.1) is 22.7 Å². The monoisotopic (exact) mass is 505 g/mol.